The average molecular weight is 413 g/mol. The number of aromatic amines is 1. The van der Waals surface area contributed by atoms with Gasteiger partial charge in [0.15, 0.2) is 0 Å². The van der Waals surface area contributed by atoms with Crippen LogP contribution in [0.3, 0.4) is 0 Å². The van der Waals surface area contributed by atoms with Crippen LogP contribution in [0.15, 0.2) is 89.9 Å². The van der Waals surface area contributed by atoms with Crippen LogP contribution in [-0.2, 0) is 0 Å². The second-order valence-corrected chi connectivity index (χ2v) is 6.85. The second kappa shape index (κ2) is 8.54. The zero-order chi connectivity index (χ0) is 21.8. The van der Waals surface area contributed by atoms with Crippen molar-refractivity contribution in [3.8, 4) is 11.4 Å². The Morgan fingerprint density at radius 3 is 2.16 bits per heavy atom. The summed E-state index contributed by atoms with van der Waals surface area (Å²) in [6, 6.07) is 22.0. The maximum Gasteiger partial charge on any atom is 0.343 e. The van der Waals surface area contributed by atoms with Gasteiger partial charge in [-0.3, -0.25) is 9.36 Å². The molecule has 0 spiro atoms. The summed E-state index contributed by atoms with van der Waals surface area (Å²) in [7, 11) is 0. The first-order chi connectivity index (χ1) is 15.0. The van der Waals surface area contributed by atoms with Gasteiger partial charge in [-0.25, -0.2) is 9.59 Å². The van der Waals surface area contributed by atoms with Gasteiger partial charge in [0, 0.05) is 23.1 Å². The van der Waals surface area contributed by atoms with E-state index in [2.05, 4.69) is 10.3 Å². The van der Waals surface area contributed by atoms with Crippen molar-refractivity contribution in [1.29, 1.82) is 0 Å². The Balaban J connectivity index is 1.40. The van der Waals surface area contributed by atoms with E-state index in [1.165, 1.54) is 4.57 Å². The Bertz CT molecular complexity index is 1270. The highest BCUT2D eigenvalue weighted by Crippen LogP contribution is 2.18. The lowest BCUT2D eigenvalue weighted by Crippen LogP contribution is -2.16. The van der Waals surface area contributed by atoms with Crippen molar-refractivity contribution >= 4 is 17.6 Å². The maximum atomic E-state index is 12.4. The fraction of sp³-hybridized carbons (Fsp3) is 0.0417. The smallest absolute Gasteiger partial charge is 0.343 e. The van der Waals surface area contributed by atoms with Crippen molar-refractivity contribution in [2.75, 3.05) is 5.32 Å². The largest absolute Gasteiger partial charge is 0.423 e. The number of rotatable bonds is 5. The molecule has 0 radical (unpaired) electrons. The van der Waals surface area contributed by atoms with Crippen LogP contribution in [0.25, 0.3) is 5.69 Å². The molecule has 154 valence electrons. The average Bonchev–Trinajstić information content (AvgIpc) is 3.13. The third-order valence-electron chi connectivity index (χ3n) is 4.68. The Morgan fingerprint density at radius 1 is 0.871 bits per heavy atom. The van der Waals surface area contributed by atoms with E-state index in [1.807, 2.05) is 13.0 Å². The fourth-order valence-electron chi connectivity index (χ4n) is 3.09. The van der Waals surface area contributed by atoms with Gasteiger partial charge < -0.3 is 15.0 Å². The predicted molar refractivity (Wildman–Crippen MR) is 117 cm³/mol. The van der Waals surface area contributed by atoms with Gasteiger partial charge in [-0.2, -0.15) is 0 Å². The molecule has 0 saturated heterocycles. The third-order valence-corrected chi connectivity index (χ3v) is 4.68. The third kappa shape index (κ3) is 4.45. The van der Waals surface area contributed by atoms with E-state index in [-0.39, 0.29) is 11.6 Å². The lowest BCUT2D eigenvalue weighted by Gasteiger charge is -2.08. The zero-order valence-corrected chi connectivity index (χ0v) is 16.7. The summed E-state index contributed by atoms with van der Waals surface area (Å²) in [6.45, 7) is 1.81. The molecule has 4 aromatic rings. The lowest BCUT2D eigenvalue weighted by molar-refractivity contribution is 0.0734. The Hall–Kier alpha value is -4.39. The van der Waals surface area contributed by atoms with E-state index < -0.39 is 5.97 Å². The molecular weight excluding hydrogens is 394 g/mol. The van der Waals surface area contributed by atoms with E-state index in [9.17, 15) is 14.4 Å². The number of carbonyl (C=O) groups is 2. The molecular formula is C24H19N3O4. The number of amides is 1. The molecule has 0 aliphatic rings. The number of anilines is 1. The van der Waals surface area contributed by atoms with Crippen molar-refractivity contribution in [3.63, 3.8) is 0 Å². The number of hydrogen-bond acceptors (Lipinski definition) is 4. The predicted octanol–water partition coefficient (Wildman–Crippen LogP) is 3.95. The molecule has 0 saturated carbocycles. The fourth-order valence-corrected chi connectivity index (χ4v) is 3.09. The molecule has 0 atom stereocenters. The molecule has 0 fully saturated rings. The first-order valence-corrected chi connectivity index (χ1v) is 9.57. The summed E-state index contributed by atoms with van der Waals surface area (Å²) in [5.74, 6) is -0.391. The SMILES string of the molecule is Cc1c[nH]c(=O)n1-c1ccc(C(=O)Oc2ccc(NC(=O)c3ccccc3)cc2)cc1. The number of aromatic nitrogens is 2. The van der Waals surface area contributed by atoms with Crippen molar-refractivity contribution in [3.05, 3.63) is 112 Å². The number of esters is 1. The molecule has 2 N–H and O–H groups in total. The Morgan fingerprint density at radius 2 is 1.55 bits per heavy atom. The number of ether oxygens (including phenoxy) is 1. The van der Waals surface area contributed by atoms with Crippen LogP contribution in [0.4, 0.5) is 5.69 Å². The van der Waals surface area contributed by atoms with Gasteiger partial charge in [0.1, 0.15) is 5.75 Å². The summed E-state index contributed by atoms with van der Waals surface area (Å²) in [5, 5.41) is 2.79. The van der Waals surface area contributed by atoms with Crippen LogP contribution in [0.5, 0.6) is 5.75 Å². The van der Waals surface area contributed by atoms with Crippen LogP contribution < -0.4 is 15.7 Å². The summed E-state index contributed by atoms with van der Waals surface area (Å²) < 4.78 is 6.91. The Labute approximate surface area is 177 Å². The summed E-state index contributed by atoms with van der Waals surface area (Å²) in [6.07, 6.45) is 1.62. The number of hydrogen-bond donors (Lipinski definition) is 2. The molecule has 0 unspecified atom stereocenters. The molecule has 0 bridgehead atoms. The topological polar surface area (TPSA) is 93.2 Å². The van der Waals surface area contributed by atoms with Crippen LogP contribution >= 0.6 is 0 Å². The first-order valence-electron chi connectivity index (χ1n) is 9.57. The van der Waals surface area contributed by atoms with E-state index in [1.54, 1.807) is 79.0 Å². The zero-order valence-electron chi connectivity index (χ0n) is 16.7. The van der Waals surface area contributed by atoms with Gasteiger partial charge >= 0.3 is 11.7 Å². The molecule has 7 heteroatoms. The van der Waals surface area contributed by atoms with Crippen molar-refractivity contribution in [2.45, 2.75) is 6.92 Å². The van der Waals surface area contributed by atoms with Gasteiger partial charge in [-0.1, -0.05) is 18.2 Å². The molecule has 4 rings (SSSR count). The lowest BCUT2D eigenvalue weighted by atomic mass is 10.2. The first kappa shape index (κ1) is 19.9. The van der Waals surface area contributed by atoms with Crippen LogP contribution in [-0.4, -0.2) is 21.4 Å². The highest BCUT2D eigenvalue weighted by Gasteiger charge is 2.11. The molecule has 1 aromatic heterocycles. The molecule has 0 aliphatic carbocycles. The van der Waals surface area contributed by atoms with Gasteiger partial charge in [0.2, 0.25) is 0 Å². The standard InChI is InChI=1S/C24H19N3O4/c1-16-15-25-24(30)27(16)20-11-7-18(8-12-20)23(29)31-21-13-9-19(10-14-21)26-22(28)17-5-3-2-4-6-17/h2-15H,1H3,(H,25,30)(H,26,28). The van der Waals surface area contributed by atoms with E-state index in [4.69, 9.17) is 4.74 Å². The number of nitrogens with one attached hydrogen (secondary N) is 2. The molecule has 0 aliphatic heterocycles. The van der Waals surface area contributed by atoms with Gasteiger partial charge in [-0.15, -0.1) is 0 Å². The quantitative estimate of drug-likeness (QED) is 0.383. The van der Waals surface area contributed by atoms with Gasteiger partial charge in [0.05, 0.1) is 11.3 Å². The minimum absolute atomic E-state index is 0.220. The molecule has 7 nitrogen and oxygen atoms in total. The number of benzene rings is 3. The van der Waals surface area contributed by atoms with E-state index in [0.717, 1.165) is 5.69 Å². The molecule has 31 heavy (non-hydrogen) atoms. The number of H-pyrrole nitrogens is 1. The van der Waals surface area contributed by atoms with Crippen molar-refractivity contribution in [1.82, 2.24) is 9.55 Å². The van der Waals surface area contributed by atoms with Crippen LogP contribution in [0.2, 0.25) is 0 Å². The van der Waals surface area contributed by atoms with E-state index in [0.29, 0.717) is 28.3 Å². The number of carbonyl (C=O) groups excluding carboxylic acids is 2. The Kier molecular flexibility index (Phi) is 5.49. The molecule has 1 heterocycles. The van der Waals surface area contributed by atoms with Gasteiger partial charge in [-0.05, 0) is 67.6 Å². The number of imidazole rings is 1. The van der Waals surface area contributed by atoms with Crippen LogP contribution in [0.1, 0.15) is 26.4 Å². The summed E-state index contributed by atoms with van der Waals surface area (Å²) >= 11 is 0. The normalized spacial score (nSPS) is 10.5. The summed E-state index contributed by atoms with van der Waals surface area (Å²) in [4.78, 5) is 39.1. The summed E-state index contributed by atoms with van der Waals surface area (Å²) in [5.41, 5.74) is 2.67. The second-order valence-electron chi connectivity index (χ2n) is 6.85. The minimum Gasteiger partial charge on any atom is -0.423 e. The van der Waals surface area contributed by atoms with E-state index >= 15 is 0 Å². The molecule has 3 aromatic carbocycles. The highest BCUT2D eigenvalue weighted by atomic mass is 16.5. The number of nitrogens with zero attached hydrogens (tertiary/aromatic N) is 1. The minimum atomic E-state index is -0.522. The van der Waals surface area contributed by atoms with Gasteiger partial charge in [0.25, 0.3) is 5.91 Å². The maximum absolute atomic E-state index is 12.4. The van der Waals surface area contributed by atoms with Crippen LogP contribution in [0, 0.1) is 6.92 Å². The van der Waals surface area contributed by atoms with Crippen molar-refractivity contribution in [2.24, 2.45) is 0 Å². The monoisotopic (exact) mass is 413 g/mol. The van der Waals surface area contributed by atoms with Crippen molar-refractivity contribution < 1.29 is 14.3 Å². The highest BCUT2D eigenvalue weighted by molar-refractivity contribution is 6.04. The number of aryl methyl sites for hydroxylation is 1. The molecule has 1 amide bonds.